The smallest absolute Gasteiger partial charge is 0.264 e. The van der Waals surface area contributed by atoms with Crippen molar-refractivity contribution in [3.8, 4) is 5.75 Å². The maximum Gasteiger partial charge on any atom is 0.264 e. The first-order valence-electron chi connectivity index (χ1n) is 5.82. The lowest BCUT2D eigenvalue weighted by Crippen LogP contribution is -2.12. The summed E-state index contributed by atoms with van der Waals surface area (Å²) in [5.41, 5.74) is 0.492. The molecule has 0 aliphatic heterocycles. The number of halogens is 1. The Kier molecular flexibility index (Phi) is 4.01. The molecule has 2 rings (SSSR count). The zero-order valence-electron chi connectivity index (χ0n) is 10.3. The van der Waals surface area contributed by atoms with Gasteiger partial charge in [0.25, 0.3) is 9.05 Å². The van der Waals surface area contributed by atoms with Gasteiger partial charge in [-0.2, -0.15) is 0 Å². The van der Waals surface area contributed by atoms with E-state index in [1.54, 1.807) is 0 Å². The zero-order valence-corrected chi connectivity index (χ0v) is 11.9. The first-order valence-corrected chi connectivity index (χ1v) is 8.13. The SMILES string of the molecule is COc1cc(NC(=O)CC2CC2)ccc1S(=O)(=O)Cl. The molecule has 0 heterocycles. The summed E-state index contributed by atoms with van der Waals surface area (Å²) in [6.07, 6.45) is 2.69. The highest BCUT2D eigenvalue weighted by molar-refractivity contribution is 8.13. The third-order valence-electron chi connectivity index (χ3n) is 2.88. The fraction of sp³-hybridized carbons (Fsp3) is 0.417. The Balaban J connectivity index is 2.16. The van der Waals surface area contributed by atoms with Crippen LogP contribution in [0.1, 0.15) is 19.3 Å². The van der Waals surface area contributed by atoms with E-state index in [4.69, 9.17) is 15.4 Å². The molecule has 0 radical (unpaired) electrons. The average molecular weight is 304 g/mol. The summed E-state index contributed by atoms with van der Waals surface area (Å²) in [5.74, 6) is 0.523. The molecule has 0 atom stereocenters. The lowest BCUT2D eigenvalue weighted by molar-refractivity contribution is -0.116. The predicted octanol–water partition coefficient (Wildman–Crippen LogP) is 2.36. The molecule has 1 amide bonds. The van der Waals surface area contributed by atoms with Crippen LogP contribution >= 0.6 is 10.7 Å². The summed E-state index contributed by atoms with van der Waals surface area (Å²) in [7, 11) is 2.76. The van der Waals surface area contributed by atoms with Gasteiger partial charge in [-0.25, -0.2) is 8.42 Å². The maximum atomic E-state index is 11.6. The highest BCUT2D eigenvalue weighted by Crippen LogP contribution is 2.33. The molecule has 1 N–H and O–H groups in total. The van der Waals surface area contributed by atoms with Crippen molar-refractivity contribution in [3.63, 3.8) is 0 Å². The Labute approximate surface area is 116 Å². The van der Waals surface area contributed by atoms with Crippen LogP contribution in [0, 0.1) is 5.92 Å². The van der Waals surface area contributed by atoms with Gasteiger partial charge in [0, 0.05) is 28.9 Å². The number of carbonyl (C=O) groups is 1. The summed E-state index contributed by atoms with van der Waals surface area (Å²) in [5, 5.41) is 2.71. The van der Waals surface area contributed by atoms with Crippen LogP contribution in [0.2, 0.25) is 0 Å². The largest absolute Gasteiger partial charge is 0.495 e. The number of amides is 1. The van der Waals surface area contributed by atoms with Gasteiger partial charge in [-0.05, 0) is 30.9 Å². The third-order valence-corrected chi connectivity index (χ3v) is 4.24. The van der Waals surface area contributed by atoms with E-state index in [9.17, 15) is 13.2 Å². The number of anilines is 1. The molecule has 0 bridgehead atoms. The predicted molar refractivity (Wildman–Crippen MR) is 72.0 cm³/mol. The van der Waals surface area contributed by atoms with Crippen molar-refractivity contribution in [2.45, 2.75) is 24.2 Å². The van der Waals surface area contributed by atoms with Gasteiger partial charge in [0.2, 0.25) is 5.91 Å². The van der Waals surface area contributed by atoms with E-state index < -0.39 is 9.05 Å². The average Bonchev–Trinajstić information content (AvgIpc) is 3.11. The van der Waals surface area contributed by atoms with Gasteiger partial charge in [0.1, 0.15) is 10.6 Å². The van der Waals surface area contributed by atoms with E-state index in [2.05, 4.69) is 5.32 Å². The van der Waals surface area contributed by atoms with Crippen LogP contribution in [0.25, 0.3) is 0 Å². The topological polar surface area (TPSA) is 72.5 Å². The lowest BCUT2D eigenvalue weighted by Gasteiger charge is -2.09. The fourth-order valence-corrected chi connectivity index (χ4v) is 2.74. The van der Waals surface area contributed by atoms with E-state index in [0.717, 1.165) is 12.8 Å². The van der Waals surface area contributed by atoms with Crippen molar-refractivity contribution < 1.29 is 17.9 Å². The molecule has 5 nitrogen and oxygen atoms in total. The third kappa shape index (κ3) is 3.84. The minimum Gasteiger partial charge on any atom is -0.495 e. The standard InChI is InChI=1S/C12H14ClNO4S/c1-18-10-7-9(4-5-11(10)19(13,16)17)14-12(15)6-8-2-3-8/h4-5,7-8H,2-3,6H2,1H3,(H,14,15). The number of methoxy groups -OCH3 is 1. The van der Waals surface area contributed by atoms with E-state index in [1.165, 1.54) is 25.3 Å². The molecular weight excluding hydrogens is 290 g/mol. The van der Waals surface area contributed by atoms with Crippen LogP contribution in [0.4, 0.5) is 5.69 Å². The van der Waals surface area contributed by atoms with Gasteiger partial charge < -0.3 is 10.1 Å². The fourth-order valence-electron chi connectivity index (χ4n) is 1.74. The minimum atomic E-state index is -3.87. The second-order valence-electron chi connectivity index (χ2n) is 4.50. The Morgan fingerprint density at radius 2 is 2.16 bits per heavy atom. The van der Waals surface area contributed by atoms with Crippen LogP contribution in [0.15, 0.2) is 23.1 Å². The second-order valence-corrected chi connectivity index (χ2v) is 7.03. The summed E-state index contributed by atoms with van der Waals surface area (Å²) in [6, 6.07) is 4.25. The van der Waals surface area contributed by atoms with Crippen molar-refractivity contribution in [1.29, 1.82) is 0 Å². The quantitative estimate of drug-likeness (QED) is 0.848. The molecule has 1 aliphatic rings. The van der Waals surface area contributed by atoms with E-state index >= 15 is 0 Å². The Hall–Kier alpha value is -1.27. The molecule has 7 heteroatoms. The number of benzene rings is 1. The van der Waals surface area contributed by atoms with E-state index in [-0.39, 0.29) is 16.6 Å². The number of rotatable bonds is 5. The lowest BCUT2D eigenvalue weighted by atomic mass is 10.2. The molecule has 1 fully saturated rings. The number of ether oxygens (including phenoxy) is 1. The highest BCUT2D eigenvalue weighted by atomic mass is 35.7. The first kappa shape index (κ1) is 14.1. The van der Waals surface area contributed by atoms with Gasteiger partial charge in [-0.15, -0.1) is 0 Å². The number of hydrogen-bond donors (Lipinski definition) is 1. The van der Waals surface area contributed by atoms with Crippen molar-refractivity contribution in [2.24, 2.45) is 5.92 Å². The molecule has 0 aromatic heterocycles. The number of carbonyl (C=O) groups excluding carboxylic acids is 1. The Morgan fingerprint density at radius 3 is 2.68 bits per heavy atom. The van der Waals surface area contributed by atoms with Crippen LogP contribution < -0.4 is 10.1 Å². The number of hydrogen-bond acceptors (Lipinski definition) is 4. The normalized spacial score (nSPS) is 15.1. The van der Waals surface area contributed by atoms with Gasteiger partial charge in [0.05, 0.1) is 7.11 Å². The van der Waals surface area contributed by atoms with Crippen molar-refractivity contribution >= 4 is 31.3 Å². The van der Waals surface area contributed by atoms with Gasteiger partial charge >= 0.3 is 0 Å². The highest BCUT2D eigenvalue weighted by Gasteiger charge is 2.24. The maximum absolute atomic E-state index is 11.6. The van der Waals surface area contributed by atoms with E-state index in [1.807, 2.05) is 0 Å². The summed E-state index contributed by atoms with van der Waals surface area (Å²) in [4.78, 5) is 11.5. The molecule has 19 heavy (non-hydrogen) atoms. The monoisotopic (exact) mass is 303 g/mol. The second kappa shape index (κ2) is 5.38. The Bertz CT molecular complexity index is 596. The summed E-state index contributed by atoms with van der Waals surface area (Å²) in [6.45, 7) is 0. The van der Waals surface area contributed by atoms with Gasteiger partial charge in [-0.3, -0.25) is 4.79 Å². The number of nitrogens with one attached hydrogen (secondary N) is 1. The molecule has 1 aliphatic carbocycles. The van der Waals surface area contributed by atoms with Crippen LogP contribution in [0.5, 0.6) is 5.75 Å². The molecule has 0 unspecified atom stereocenters. The minimum absolute atomic E-state index is 0.0777. The molecule has 1 aromatic rings. The van der Waals surface area contributed by atoms with Crippen LogP contribution in [0.3, 0.4) is 0 Å². The van der Waals surface area contributed by atoms with Gasteiger partial charge in [-0.1, -0.05) is 0 Å². The van der Waals surface area contributed by atoms with Gasteiger partial charge in [0.15, 0.2) is 0 Å². The summed E-state index contributed by atoms with van der Waals surface area (Å²) >= 11 is 0. The molecule has 0 spiro atoms. The molecular formula is C12H14ClNO4S. The van der Waals surface area contributed by atoms with Crippen molar-refractivity contribution in [3.05, 3.63) is 18.2 Å². The Morgan fingerprint density at radius 1 is 1.47 bits per heavy atom. The van der Waals surface area contributed by atoms with E-state index in [0.29, 0.717) is 18.0 Å². The van der Waals surface area contributed by atoms with Crippen LogP contribution in [-0.2, 0) is 13.8 Å². The van der Waals surface area contributed by atoms with Crippen LogP contribution in [-0.4, -0.2) is 21.4 Å². The molecule has 1 saturated carbocycles. The zero-order chi connectivity index (χ0) is 14.0. The molecule has 1 aromatic carbocycles. The van der Waals surface area contributed by atoms with Crippen molar-refractivity contribution in [2.75, 3.05) is 12.4 Å². The summed E-state index contributed by atoms with van der Waals surface area (Å²) < 4.78 is 27.6. The molecule has 104 valence electrons. The van der Waals surface area contributed by atoms with Crippen molar-refractivity contribution in [1.82, 2.24) is 0 Å². The molecule has 0 saturated heterocycles. The first-order chi connectivity index (χ1) is 8.90.